The largest absolute Gasteiger partial charge is 0.324 e. The quantitative estimate of drug-likeness (QED) is 0.871. The van der Waals surface area contributed by atoms with E-state index in [4.69, 9.17) is 5.73 Å². The van der Waals surface area contributed by atoms with Crippen LogP contribution in [0.4, 0.5) is 4.39 Å². The van der Waals surface area contributed by atoms with Crippen LogP contribution in [0.15, 0.2) is 22.7 Å². The van der Waals surface area contributed by atoms with Crippen molar-refractivity contribution in [1.29, 1.82) is 0 Å². The summed E-state index contributed by atoms with van der Waals surface area (Å²) < 4.78 is 13.8. The predicted octanol–water partition coefficient (Wildman–Crippen LogP) is 3.78. The van der Waals surface area contributed by atoms with E-state index in [1.807, 2.05) is 6.07 Å². The molecule has 1 aliphatic rings. The van der Waals surface area contributed by atoms with E-state index in [9.17, 15) is 4.39 Å². The van der Waals surface area contributed by atoms with Gasteiger partial charge in [-0.05, 0) is 52.4 Å². The van der Waals surface area contributed by atoms with E-state index >= 15 is 0 Å². The highest BCUT2D eigenvalue weighted by Gasteiger charge is 2.23. The van der Waals surface area contributed by atoms with Gasteiger partial charge in [-0.25, -0.2) is 4.39 Å². The number of rotatable bonds is 2. The normalized spacial score (nSPS) is 19.4. The first kappa shape index (κ1) is 11.1. The molecular weight excluding hydrogens is 257 g/mol. The number of hydrogen-bond donors (Lipinski definition) is 1. The van der Waals surface area contributed by atoms with Crippen molar-refractivity contribution < 1.29 is 4.39 Å². The molecule has 0 spiro atoms. The molecule has 3 heteroatoms. The van der Waals surface area contributed by atoms with E-state index in [2.05, 4.69) is 15.9 Å². The molecule has 0 aliphatic heterocycles. The molecule has 1 atom stereocenters. The lowest BCUT2D eigenvalue weighted by Gasteiger charge is -2.19. The van der Waals surface area contributed by atoms with Crippen molar-refractivity contribution in [2.75, 3.05) is 0 Å². The molecule has 1 fully saturated rings. The summed E-state index contributed by atoms with van der Waals surface area (Å²) in [4.78, 5) is 0. The zero-order valence-corrected chi connectivity index (χ0v) is 10.1. The van der Waals surface area contributed by atoms with Crippen LogP contribution in [0.1, 0.15) is 37.3 Å². The summed E-state index contributed by atoms with van der Waals surface area (Å²) in [7, 11) is 0. The lowest BCUT2D eigenvalue weighted by atomic mass is 9.92. The Morgan fingerprint density at radius 2 is 2.00 bits per heavy atom. The van der Waals surface area contributed by atoms with Crippen LogP contribution in [0.5, 0.6) is 0 Å². The SMILES string of the molecule is N[C@@H](c1ccc(Br)c(F)c1)C1CCCC1. The molecule has 1 aromatic carbocycles. The highest BCUT2D eigenvalue weighted by Crippen LogP contribution is 2.34. The molecular formula is C12H15BrFN. The van der Waals surface area contributed by atoms with Crippen LogP contribution in [0.2, 0.25) is 0 Å². The summed E-state index contributed by atoms with van der Waals surface area (Å²) in [5.41, 5.74) is 7.06. The Bertz CT molecular complexity index is 347. The van der Waals surface area contributed by atoms with Crippen LogP contribution in [0.3, 0.4) is 0 Å². The Hall–Kier alpha value is -0.410. The predicted molar refractivity (Wildman–Crippen MR) is 63.0 cm³/mol. The van der Waals surface area contributed by atoms with Crippen LogP contribution in [-0.4, -0.2) is 0 Å². The van der Waals surface area contributed by atoms with Gasteiger partial charge >= 0.3 is 0 Å². The van der Waals surface area contributed by atoms with Gasteiger partial charge < -0.3 is 5.73 Å². The number of nitrogens with two attached hydrogens (primary N) is 1. The first-order valence-electron chi connectivity index (χ1n) is 5.39. The molecule has 2 N–H and O–H groups in total. The van der Waals surface area contributed by atoms with Crippen molar-refractivity contribution in [2.45, 2.75) is 31.7 Å². The van der Waals surface area contributed by atoms with Crippen molar-refractivity contribution in [3.63, 3.8) is 0 Å². The molecule has 1 aliphatic carbocycles. The first-order chi connectivity index (χ1) is 7.18. The summed E-state index contributed by atoms with van der Waals surface area (Å²) in [5, 5.41) is 0. The third-order valence-corrected chi connectivity index (χ3v) is 3.88. The van der Waals surface area contributed by atoms with Gasteiger partial charge in [-0.15, -0.1) is 0 Å². The zero-order chi connectivity index (χ0) is 10.8. The van der Waals surface area contributed by atoms with Crippen LogP contribution in [-0.2, 0) is 0 Å². The van der Waals surface area contributed by atoms with Gasteiger partial charge in [-0.2, -0.15) is 0 Å². The highest BCUT2D eigenvalue weighted by molar-refractivity contribution is 9.10. The molecule has 1 aromatic rings. The Morgan fingerprint density at radius 3 is 2.60 bits per heavy atom. The molecule has 0 unspecified atom stereocenters. The van der Waals surface area contributed by atoms with Crippen molar-refractivity contribution in [3.8, 4) is 0 Å². The van der Waals surface area contributed by atoms with Crippen molar-refractivity contribution in [2.24, 2.45) is 11.7 Å². The molecule has 2 rings (SSSR count). The van der Waals surface area contributed by atoms with Crippen LogP contribution >= 0.6 is 15.9 Å². The molecule has 0 aromatic heterocycles. The average Bonchev–Trinajstić information content (AvgIpc) is 2.74. The van der Waals surface area contributed by atoms with Gasteiger partial charge in [0.15, 0.2) is 0 Å². The topological polar surface area (TPSA) is 26.0 Å². The Labute approximate surface area is 98.0 Å². The van der Waals surface area contributed by atoms with E-state index < -0.39 is 0 Å². The first-order valence-corrected chi connectivity index (χ1v) is 6.18. The van der Waals surface area contributed by atoms with Gasteiger partial charge in [-0.3, -0.25) is 0 Å². The average molecular weight is 272 g/mol. The maximum atomic E-state index is 13.3. The van der Waals surface area contributed by atoms with Crippen LogP contribution in [0, 0.1) is 11.7 Å². The van der Waals surface area contributed by atoms with E-state index in [0.29, 0.717) is 10.4 Å². The van der Waals surface area contributed by atoms with Gasteiger partial charge in [-0.1, -0.05) is 18.9 Å². The Balaban J connectivity index is 2.17. The molecule has 0 heterocycles. The van der Waals surface area contributed by atoms with Gasteiger partial charge in [0.05, 0.1) is 4.47 Å². The van der Waals surface area contributed by atoms with E-state index in [0.717, 1.165) is 5.56 Å². The third-order valence-electron chi connectivity index (χ3n) is 3.24. The lowest BCUT2D eigenvalue weighted by molar-refractivity contribution is 0.443. The fourth-order valence-electron chi connectivity index (χ4n) is 2.31. The zero-order valence-electron chi connectivity index (χ0n) is 8.55. The minimum absolute atomic E-state index is 0.00454. The minimum Gasteiger partial charge on any atom is -0.324 e. The standard InChI is InChI=1S/C12H15BrFN/c13-10-6-5-9(7-11(10)14)12(15)8-3-1-2-4-8/h5-8,12H,1-4,15H2/t12-/m1/s1. The lowest BCUT2D eigenvalue weighted by Crippen LogP contribution is -2.19. The summed E-state index contributed by atoms with van der Waals surface area (Å²) >= 11 is 3.15. The van der Waals surface area contributed by atoms with Crippen molar-refractivity contribution in [1.82, 2.24) is 0 Å². The van der Waals surface area contributed by atoms with E-state index in [1.165, 1.54) is 25.7 Å². The molecule has 82 valence electrons. The summed E-state index contributed by atoms with van der Waals surface area (Å²) in [5.74, 6) is 0.312. The second-order valence-corrected chi connectivity index (χ2v) is 5.10. The molecule has 0 amide bonds. The Morgan fingerprint density at radius 1 is 1.33 bits per heavy atom. The number of benzene rings is 1. The van der Waals surface area contributed by atoms with Crippen LogP contribution in [0.25, 0.3) is 0 Å². The smallest absolute Gasteiger partial charge is 0.137 e. The molecule has 1 nitrogen and oxygen atoms in total. The summed E-state index contributed by atoms with van der Waals surface area (Å²) in [6, 6.07) is 5.19. The van der Waals surface area contributed by atoms with Gasteiger partial charge in [0.1, 0.15) is 5.82 Å². The fourth-order valence-corrected chi connectivity index (χ4v) is 2.56. The second kappa shape index (κ2) is 4.62. The second-order valence-electron chi connectivity index (χ2n) is 4.24. The van der Waals surface area contributed by atoms with Gasteiger partial charge in [0.25, 0.3) is 0 Å². The number of hydrogen-bond acceptors (Lipinski definition) is 1. The monoisotopic (exact) mass is 271 g/mol. The summed E-state index contributed by atoms with van der Waals surface area (Å²) in [6.45, 7) is 0. The fraction of sp³-hybridized carbons (Fsp3) is 0.500. The molecule has 0 radical (unpaired) electrons. The maximum Gasteiger partial charge on any atom is 0.137 e. The van der Waals surface area contributed by atoms with Crippen molar-refractivity contribution >= 4 is 15.9 Å². The van der Waals surface area contributed by atoms with Gasteiger partial charge in [0, 0.05) is 6.04 Å². The van der Waals surface area contributed by atoms with Crippen molar-refractivity contribution in [3.05, 3.63) is 34.1 Å². The molecule has 15 heavy (non-hydrogen) atoms. The van der Waals surface area contributed by atoms with Crippen LogP contribution < -0.4 is 5.73 Å². The Kier molecular flexibility index (Phi) is 3.42. The molecule has 1 saturated carbocycles. The summed E-state index contributed by atoms with van der Waals surface area (Å²) in [6.07, 6.45) is 4.88. The maximum absolute atomic E-state index is 13.3. The number of halogens is 2. The molecule has 0 bridgehead atoms. The molecule has 0 saturated heterocycles. The minimum atomic E-state index is -0.221. The van der Waals surface area contributed by atoms with Gasteiger partial charge in [0.2, 0.25) is 0 Å². The van der Waals surface area contributed by atoms with E-state index in [1.54, 1.807) is 12.1 Å². The highest BCUT2D eigenvalue weighted by atomic mass is 79.9. The third kappa shape index (κ3) is 2.40. The van der Waals surface area contributed by atoms with E-state index in [-0.39, 0.29) is 11.9 Å².